The first-order valence-electron chi connectivity index (χ1n) is 19.6. The van der Waals surface area contributed by atoms with Gasteiger partial charge in [0.2, 0.25) is 11.8 Å². The van der Waals surface area contributed by atoms with Crippen LogP contribution in [0, 0.1) is 6.92 Å². The van der Waals surface area contributed by atoms with E-state index in [1.807, 2.05) is 102 Å². The Kier molecular flexibility index (Phi) is 11.8. The van der Waals surface area contributed by atoms with Crippen molar-refractivity contribution in [1.29, 1.82) is 0 Å². The molecule has 9 nitrogen and oxygen atoms in total. The normalized spacial score (nSPS) is 11.2. The molecule has 0 bridgehead atoms. The number of amides is 1. The van der Waals surface area contributed by atoms with E-state index < -0.39 is 6.09 Å². The number of nitrogens with zero attached hydrogens (tertiary/aromatic N) is 4. The van der Waals surface area contributed by atoms with E-state index in [-0.39, 0.29) is 6.54 Å². The van der Waals surface area contributed by atoms with Gasteiger partial charge in [0.05, 0.1) is 11.2 Å². The Balaban J connectivity index is 0.900. The van der Waals surface area contributed by atoms with E-state index in [9.17, 15) is 4.79 Å². The summed E-state index contributed by atoms with van der Waals surface area (Å²) in [6.45, 7) is 3.06. The largest absolute Gasteiger partial charge is 0.473 e. The van der Waals surface area contributed by atoms with Crippen LogP contribution >= 0.6 is 0 Å². The highest BCUT2D eigenvalue weighted by molar-refractivity contribution is 5.78. The van der Waals surface area contributed by atoms with Crippen LogP contribution in [0.1, 0.15) is 39.8 Å². The van der Waals surface area contributed by atoms with E-state index in [0.29, 0.717) is 25.0 Å². The molecule has 3 heterocycles. The number of carboxylic acid groups (broad SMARTS) is 1. The number of allylic oxidation sites excluding steroid dienone is 1. The first-order valence-corrected chi connectivity index (χ1v) is 19.6. The van der Waals surface area contributed by atoms with E-state index in [1.54, 1.807) is 6.33 Å². The van der Waals surface area contributed by atoms with Crippen molar-refractivity contribution >= 4 is 17.7 Å². The molecule has 1 amide bonds. The first-order chi connectivity index (χ1) is 28.9. The Morgan fingerprint density at radius 3 is 2.08 bits per heavy atom. The van der Waals surface area contributed by atoms with Crippen molar-refractivity contribution in [2.24, 2.45) is 0 Å². The number of hydrogen-bond donors (Lipinski definition) is 2. The molecule has 0 unspecified atom stereocenters. The Hall–Kier alpha value is -7.52. The van der Waals surface area contributed by atoms with Gasteiger partial charge in [-0.15, -0.1) is 0 Å². The molecule has 0 spiro atoms. The van der Waals surface area contributed by atoms with Gasteiger partial charge in [0.1, 0.15) is 19.5 Å². The average molecular weight is 778 g/mol. The lowest BCUT2D eigenvalue weighted by molar-refractivity contribution is 0.194. The standard InChI is InChI=1S/C50H43N5O4/c1-35-28-43(24-25-44(35)30-51-50(56)57)48-46-29-39(31-55(46)53-34-52-48)15-9-8-10-36-16-18-40(19-17-36)41-20-22-42(23-21-41)45-26-27-47(58-32-37-11-4-2-5-12-37)54-49(45)59-33-38-13-6-3-7-14-38/h2-8,10-14,16-29,31,34,51H,9,15,30,32-33H2,1H3,(H,56,57)/b10-8+. The van der Waals surface area contributed by atoms with Gasteiger partial charge in [0, 0.05) is 29.9 Å². The van der Waals surface area contributed by atoms with Crippen LogP contribution in [0.25, 0.3) is 45.1 Å². The van der Waals surface area contributed by atoms with E-state index in [1.165, 1.54) is 5.56 Å². The number of fused-ring (bicyclic) bond motifs is 1. The van der Waals surface area contributed by atoms with Gasteiger partial charge in [-0.3, -0.25) is 0 Å². The molecule has 3 aromatic heterocycles. The predicted octanol–water partition coefficient (Wildman–Crippen LogP) is 11.0. The predicted molar refractivity (Wildman–Crippen MR) is 232 cm³/mol. The summed E-state index contributed by atoms with van der Waals surface area (Å²) in [5.41, 5.74) is 13.3. The second-order valence-corrected chi connectivity index (χ2v) is 14.3. The summed E-state index contributed by atoms with van der Waals surface area (Å²) in [7, 11) is 0. The Morgan fingerprint density at radius 2 is 1.39 bits per heavy atom. The van der Waals surface area contributed by atoms with Crippen LogP contribution in [0.4, 0.5) is 4.79 Å². The summed E-state index contributed by atoms with van der Waals surface area (Å²) in [5.74, 6) is 1.04. The van der Waals surface area contributed by atoms with Crippen molar-refractivity contribution in [2.75, 3.05) is 0 Å². The summed E-state index contributed by atoms with van der Waals surface area (Å²) >= 11 is 0. The first kappa shape index (κ1) is 38.4. The summed E-state index contributed by atoms with van der Waals surface area (Å²) in [5, 5.41) is 15.8. The van der Waals surface area contributed by atoms with Gasteiger partial charge in [-0.1, -0.05) is 133 Å². The number of aryl methyl sites for hydroxylation is 2. The second kappa shape index (κ2) is 18.2. The molecule has 0 atom stereocenters. The van der Waals surface area contributed by atoms with Crippen molar-refractivity contribution < 1.29 is 19.4 Å². The third kappa shape index (κ3) is 9.72. The Labute approximate surface area is 343 Å². The van der Waals surface area contributed by atoms with E-state index in [2.05, 4.69) is 88.3 Å². The van der Waals surface area contributed by atoms with Crippen molar-refractivity contribution in [2.45, 2.75) is 39.5 Å². The fraction of sp³-hybridized carbons (Fsp3) is 0.120. The minimum absolute atomic E-state index is 0.261. The zero-order valence-electron chi connectivity index (χ0n) is 32.7. The molecule has 0 saturated carbocycles. The SMILES string of the molecule is Cc1cc(-c2ncnn3cc(CC/C=C/c4ccc(-c5ccc(-c6ccc(OCc7ccccc7)nc6OCc6ccccc6)cc5)cc4)cc23)ccc1CNC(=O)O. The van der Waals surface area contributed by atoms with Gasteiger partial charge in [-0.25, -0.2) is 14.3 Å². The Morgan fingerprint density at radius 1 is 0.729 bits per heavy atom. The van der Waals surface area contributed by atoms with Crippen molar-refractivity contribution in [3.63, 3.8) is 0 Å². The molecule has 8 rings (SSSR count). The maximum atomic E-state index is 10.9. The number of rotatable bonds is 15. The van der Waals surface area contributed by atoms with Crippen LogP contribution < -0.4 is 14.8 Å². The lowest BCUT2D eigenvalue weighted by atomic mass is 10.00. The van der Waals surface area contributed by atoms with Crippen molar-refractivity contribution in [3.8, 4) is 45.3 Å². The quantitative estimate of drug-likeness (QED) is 0.107. The van der Waals surface area contributed by atoms with Crippen LogP contribution in [0.15, 0.2) is 164 Å². The van der Waals surface area contributed by atoms with Gasteiger partial charge in [-0.05, 0) is 88.0 Å². The third-order valence-corrected chi connectivity index (χ3v) is 10.1. The van der Waals surface area contributed by atoms with Crippen LogP contribution in [-0.4, -0.2) is 30.8 Å². The molecule has 2 N–H and O–H groups in total. The lowest BCUT2D eigenvalue weighted by Crippen LogP contribution is -2.20. The monoisotopic (exact) mass is 777 g/mol. The van der Waals surface area contributed by atoms with Gasteiger partial charge < -0.3 is 19.9 Å². The highest BCUT2D eigenvalue weighted by Gasteiger charge is 2.13. The molecule has 0 aliphatic heterocycles. The number of aromatic nitrogens is 4. The number of benzene rings is 5. The molecule has 0 fully saturated rings. The summed E-state index contributed by atoms with van der Waals surface area (Å²) < 4.78 is 14.2. The van der Waals surface area contributed by atoms with Gasteiger partial charge in [-0.2, -0.15) is 10.1 Å². The summed E-state index contributed by atoms with van der Waals surface area (Å²) in [6, 6.07) is 49.2. The maximum absolute atomic E-state index is 10.9. The zero-order valence-corrected chi connectivity index (χ0v) is 32.7. The molecular weight excluding hydrogens is 735 g/mol. The molecule has 0 aliphatic rings. The Bertz CT molecular complexity index is 2690. The van der Waals surface area contributed by atoms with E-state index in [4.69, 9.17) is 19.6 Å². The number of hydrogen-bond acceptors (Lipinski definition) is 6. The molecule has 0 aliphatic carbocycles. The molecule has 0 saturated heterocycles. The minimum Gasteiger partial charge on any atom is -0.473 e. The number of ether oxygens (including phenoxy) is 2. The number of pyridine rings is 1. The molecule has 59 heavy (non-hydrogen) atoms. The molecule has 0 radical (unpaired) electrons. The van der Waals surface area contributed by atoms with Crippen LogP contribution in [-0.2, 0) is 26.2 Å². The third-order valence-electron chi connectivity index (χ3n) is 10.1. The number of nitrogens with one attached hydrogen (secondary N) is 1. The lowest BCUT2D eigenvalue weighted by Gasteiger charge is -2.14. The van der Waals surface area contributed by atoms with Crippen LogP contribution in [0.2, 0.25) is 0 Å². The summed E-state index contributed by atoms with van der Waals surface area (Å²) in [6.07, 6.45) is 8.68. The second-order valence-electron chi connectivity index (χ2n) is 14.3. The maximum Gasteiger partial charge on any atom is 0.404 e. The van der Waals surface area contributed by atoms with Gasteiger partial charge in [0.25, 0.3) is 0 Å². The molecular formula is C50H43N5O4. The van der Waals surface area contributed by atoms with Crippen LogP contribution in [0.3, 0.4) is 0 Å². The zero-order chi connectivity index (χ0) is 40.4. The fourth-order valence-electron chi connectivity index (χ4n) is 6.94. The molecule has 9 heteroatoms. The summed E-state index contributed by atoms with van der Waals surface area (Å²) in [4.78, 5) is 20.3. The van der Waals surface area contributed by atoms with E-state index >= 15 is 0 Å². The van der Waals surface area contributed by atoms with Crippen molar-refractivity contribution in [3.05, 3.63) is 198 Å². The average Bonchev–Trinajstić information content (AvgIpc) is 3.70. The smallest absolute Gasteiger partial charge is 0.404 e. The van der Waals surface area contributed by atoms with Crippen molar-refractivity contribution in [1.82, 2.24) is 24.9 Å². The fourth-order valence-corrected chi connectivity index (χ4v) is 6.94. The molecule has 8 aromatic rings. The van der Waals surface area contributed by atoms with Gasteiger partial charge in [0.15, 0.2) is 0 Å². The highest BCUT2D eigenvalue weighted by atomic mass is 16.5. The van der Waals surface area contributed by atoms with E-state index in [0.717, 1.165) is 79.7 Å². The minimum atomic E-state index is -1.04. The van der Waals surface area contributed by atoms with Crippen LogP contribution in [0.5, 0.6) is 11.8 Å². The topological polar surface area (TPSA) is 111 Å². The molecule has 5 aromatic carbocycles. The highest BCUT2D eigenvalue weighted by Crippen LogP contribution is 2.33. The molecule has 292 valence electrons. The number of carbonyl (C=O) groups is 1. The van der Waals surface area contributed by atoms with Gasteiger partial charge >= 0.3 is 6.09 Å².